The third kappa shape index (κ3) is 8.57. The lowest BCUT2D eigenvalue weighted by Crippen LogP contribution is -2.41. The fourth-order valence-corrected chi connectivity index (χ4v) is 2.60. The minimum absolute atomic E-state index is 0. The van der Waals surface area contributed by atoms with E-state index in [1.165, 1.54) is 4.88 Å². The van der Waals surface area contributed by atoms with Crippen LogP contribution in [0.15, 0.2) is 22.5 Å². The molecule has 0 aliphatic carbocycles. The van der Waals surface area contributed by atoms with Crippen LogP contribution in [0.1, 0.15) is 25.1 Å². The van der Waals surface area contributed by atoms with Gasteiger partial charge < -0.3 is 15.5 Å². The van der Waals surface area contributed by atoms with Crippen molar-refractivity contribution in [3.63, 3.8) is 0 Å². The van der Waals surface area contributed by atoms with E-state index in [0.717, 1.165) is 18.9 Å². The van der Waals surface area contributed by atoms with Crippen molar-refractivity contribution < 1.29 is 4.79 Å². The molecule has 0 aliphatic rings. The molecule has 0 saturated heterocycles. The Morgan fingerprint density at radius 3 is 2.73 bits per heavy atom. The monoisotopic (exact) mass is 438 g/mol. The van der Waals surface area contributed by atoms with Crippen molar-refractivity contribution in [3.8, 4) is 0 Å². The first-order valence-electron chi connectivity index (χ1n) is 7.26. The maximum atomic E-state index is 11.6. The molecular weight excluding hydrogens is 411 g/mol. The van der Waals surface area contributed by atoms with Crippen LogP contribution in [0, 0.1) is 0 Å². The number of carbonyl (C=O) groups is 1. The van der Waals surface area contributed by atoms with Crippen LogP contribution in [0.2, 0.25) is 0 Å². The van der Waals surface area contributed by atoms with Crippen molar-refractivity contribution in [1.82, 2.24) is 15.5 Å². The molecule has 0 unspecified atom stereocenters. The van der Waals surface area contributed by atoms with E-state index in [1.807, 2.05) is 20.9 Å². The molecule has 0 spiro atoms. The minimum Gasteiger partial charge on any atom is -0.356 e. The number of amides is 1. The molecule has 0 bridgehead atoms. The van der Waals surface area contributed by atoms with Gasteiger partial charge in [-0.1, -0.05) is 6.07 Å². The van der Waals surface area contributed by atoms with Crippen LogP contribution in [0.4, 0.5) is 0 Å². The SMILES string of the molecule is CN=C(NCCC(=O)NC(C)C)N(C)CCc1cccs1.I. The second-order valence-corrected chi connectivity index (χ2v) is 6.23. The van der Waals surface area contributed by atoms with E-state index < -0.39 is 0 Å². The number of hydrogen-bond donors (Lipinski definition) is 2. The van der Waals surface area contributed by atoms with E-state index in [2.05, 4.69) is 38.0 Å². The van der Waals surface area contributed by atoms with Gasteiger partial charge in [0, 0.05) is 44.5 Å². The molecule has 0 fully saturated rings. The molecule has 7 heteroatoms. The smallest absolute Gasteiger partial charge is 0.221 e. The first-order chi connectivity index (χ1) is 10.0. The zero-order valence-electron chi connectivity index (χ0n) is 13.8. The van der Waals surface area contributed by atoms with Gasteiger partial charge in [0.05, 0.1) is 0 Å². The summed E-state index contributed by atoms with van der Waals surface area (Å²) in [4.78, 5) is 19.3. The maximum Gasteiger partial charge on any atom is 0.221 e. The average molecular weight is 438 g/mol. The van der Waals surface area contributed by atoms with Crippen LogP contribution in [0.5, 0.6) is 0 Å². The third-order valence-electron chi connectivity index (χ3n) is 2.93. The number of hydrogen-bond acceptors (Lipinski definition) is 3. The number of likely N-dealkylation sites (N-methyl/N-ethyl adjacent to an activating group) is 1. The first kappa shape index (κ1) is 21.2. The number of carbonyl (C=O) groups excluding carboxylic acids is 1. The molecule has 2 N–H and O–H groups in total. The summed E-state index contributed by atoms with van der Waals surface area (Å²) >= 11 is 1.77. The van der Waals surface area contributed by atoms with Crippen molar-refractivity contribution in [2.75, 3.05) is 27.2 Å². The number of guanidine groups is 1. The summed E-state index contributed by atoms with van der Waals surface area (Å²) in [5.41, 5.74) is 0. The Labute approximate surface area is 154 Å². The van der Waals surface area contributed by atoms with Crippen molar-refractivity contribution in [3.05, 3.63) is 22.4 Å². The van der Waals surface area contributed by atoms with Gasteiger partial charge in [0.25, 0.3) is 0 Å². The Morgan fingerprint density at radius 1 is 1.45 bits per heavy atom. The lowest BCUT2D eigenvalue weighted by Gasteiger charge is -2.21. The van der Waals surface area contributed by atoms with Crippen molar-refractivity contribution in [2.45, 2.75) is 32.7 Å². The molecule has 0 atom stereocenters. The summed E-state index contributed by atoms with van der Waals surface area (Å²) < 4.78 is 0. The van der Waals surface area contributed by atoms with Gasteiger partial charge in [-0.3, -0.25) is 9.79 Å². The molecule has 1 aromatic rings. The van der Waals surface area contributed by atoms with Gasteiger partial charge in [-0.25, -0.2) is 0 Å². The Morgan fingerprint density at radius 2 is 2.18 bits per heavy atom. The van der Waals surface area contributed by atoms with E-state index in [9.17, 15) is 4.79 Å². The number of rotatable bonds is 7. The lowest BCUT2D eigenvalue weighted by atomic mass is 10.3. The van der Waals surface area contributed by atoms with Gasteiger partial charge >= 0.3 is 0 Å². The molecule has 1 amide bonds. The quantitative estimate of drug-likeness (QED) is 0.391. The molecule has 22 heavy (non-hydrogen) atoms. The maximum absolute atomic E-state index is 11.6. The van der Waals surface area contributed by atoms with E-state index in [-0.39, 0.29) is 35.9 Å². The summed E-state index contributed by atoms with van der Waals surface area (Å²) in [7, 11) is 3.77. The fraction of sp³-hybridized carbons (Fsp3) is 0.600. The molecule has 1 rings (SSSR count). The van der Waals surface area contributed by atoms with Gasteiger partial charge in [-0.2, -0.15) is 0 Å². The zero-order chi connectivity index (χ0) is 15.7. The van der Waals surface area contributed by atoms with Crippen LogP contribution in [-0.2, 0) is 11.2 Å². The highest BCUT2D eigenvalue weighted by atomic mass is 127. The second kappa shape index (κ2) is 11.7. The van der Waals surface area contributed by atoms with Gasteiger partial charge in [0.2, 0.25) is 5.91 Å². The topological polar surface area (TPSA) is 56.7 Å². The van der Waals surface area contributed by atoms with Gasteiger partial charge in [0.15, 0.2) is 5.96 Å². The summed E-state index contributed by atoms with van der Waals surface area (Å²) in [6, 6.07) is 4.40. The average Bonchev–Trinajstić information content (AvgIpc) is 2.93. The minimum atomic E-state index is 0. The number of thiophene rings is 1. The van der Waals surface area contributed by atoms with Crippen LogP contribution < -0.4 is 10.6 Å². The predicted molar refractivity (Wildman–Crippen MR) is 105 cm³/mol. The summed E-state index contributed by atoms with van der Waals surface area (Å²) in [6.45, 7) is 5.41. The molecule has 126 valence electrons. The molecule has 0 aromatic carbocycles. The number of aliphatic imine (C=N–C) groups is 1. The largest absolute Gasteiger partial charge is 0.356 e. The molecule has 5 nitrogen and oxygen atoms in total. The van der Waals surface area contributed by atoms with Crippen LogP contribution in [-0.4, -0.2) is 50.0 Å². The van der Waals surface area contributed by atoms with E-state index in [4.69, 9.17) is 0 Å². The van der Waals surface area contributed by atoms with Crippen molar-refractivity contribution in [2.24, 2.45) is 4.99 Å². The normalized spacial score (nSPS) is 11.0. The van der Waals surface area contributed by atoms with Crippen LogP contribution in [0.25, 0.3) is 0 Å². The molecule has 0 radical (unpaired) electrons. The zero-order valence-corrected chi connectivity index (χ0v) is 16.9. The predicted octanol–water partition coefficient (Wildman–Crippen LogP) is 2.33. The molecule has 0 aliphatic heterocycles. The highest BCUT2D eigenvalue weighted by molar-refractivity contribution is 14.0. The molecular formula is C15H27IN4OS. The van der Waals surface area contributed by atoms with Crippen molar-refractivity contribution in [1.29, 1.82) is 0 Å². The van der Waals surface area contributed by atoms with Crippen molar-refractivity contribution >= 4 is 47.2 Å². The standard InChI is InChI=1S/C15H26N4OS.HI/c1-12(2)18-14(20)7-9-17-15(16-3)19(4)10-8-13-6-5-11-21-13;/h5-6,11-12H,7-10H2,1-4H3,(H,16,17)(H,18,20);1H. The molecule has 1 aromatic heterocycles. The Kier molecular flexibility index (Phi) is 11.3. The second-order valence-electron chi connectivity index (χ2n) is 5.20. The lowest BCUT2D eigenvalue weighted by molar-refractivity contribution is -0.121. The number of nitrogens with zero attached hydrogens (tertiary/aromatic N) is 2. The van der Waals surface area contributed by atoms with Gasteiger partial charge in [-0.05, 0) is 31.7 Å². The van der Waals surface area contributed by atoms with Crippen LogP contribution in [0.3, 0.4) is 0 Å². The molecule has 0 saturated carbocycles. The Balaban J connectivity index is 0.00000441. The number of nitrogens with one attached hydrogen (secondary N) is 2. The Bertz CT molecular complexity index is 448. The summed E-state index contributed by atoms with van der Waals surface area (Å²) in [6.07, 6.45) is 1.46. The fourth-order valence-electron chi connectivity index (χ4n) is 1.91. The summed E-state index contributed by atoms with van der Waals surface area (Å²) in [5, 5.41) is 8.19. The first-order valence-corrected chi connectivity index (χ1v) is 8.14. The van der Waals surface area contributed by atoms with E-state index in [0.29, 0.717) is 13.0 Å². The molecule has 1 heterocycles. The number of halogens is 1. The van der Waals surface area contributed by atoms with Crippen LogP contribution >= 0.6 is 35.3 Å². The van der Waals surface area contributed by atoms with Gasteiger partial charge in [-0.15, -0.1) is 35.3 Å². The van der Waals surface area contributed by atoms with E-state index in [1.54, 1.807) is 18.4 Å². The third-order valence-corrected chi connectivity index (χ3v) is 3.87. The summed E-state index contributed by atoms with van der Waals surface area (Å²) in [5.74, 6) is 0.887. The highest BCUT2D eigenvalue weighted by Crippen LogP contribution is 2.09. The van der Waals surface area contributed by atoms with E-state index >= 15 is 0 Å². The van der Waals surface area contributed by atoms with Gasteiger partial charge in [0.1, 0.15) is 0 Å². The Hall–Kier alpha value is -0.830. The highest BCUT2D eigenvalue weighted by Gasteiger charge is 2.08.